The van der Waals surface area contributed by atoms with E-state index in [1.807, 2.05) is 0 Å². The van der Waals surface area contributed by atoms with E-state index in [4.69, 9.17) is 5.73 Å². The summed E-state index contributed by atoms with van der Waals surface area (Å²) in [7, 11) is -3.37. The van der Waals surface area contributed by atoms with E-state index in [0.29, 0.717) is 13.0 Å². The molecule has 84 valence electrons. The molecule has 0 spiro atoms. The third kappa shape index (κ3) is 3.77. The summed E-state index contributed by atoms with van der Waals surface area (Å²) in [4.78, 5) is 0. The molecule has 0 unspecified atom stereocenters. The molecule has 1 aromatic rings. The average Bonchev–Trinajstić information content (AvgIpc) is 2.09. The Labute approximate surface area is 89.0 Å². The Kier molecular flexibility index (Phi) is 3.54. The molecule has 4 N–H and O–H groups in total. The van der Waals surface area contributed by atoms with Crippen molar-refractivity contribution in [1.82, 2.24) is 0 Å². The zero-order valence-corrected chi connectivity index (χ0v) is 9.21. The van der Waals surface area contributed by atoms with Crippen molar-refractivity contribution >= 4 is 15.7 Å². The molecule has 0 aliphatic carbocycles. The molecule has 1 aromatic carbocycles. The summed E-state index contributed by atoms with van der Waals surface area (Å²) >= 11 is 0. The number of aromatic hydroxyl groups is 1. The van der Waals surface area contributed by atoms with Gasteiger partial charge in [-0.3, -0.25) is 4.72 Å². The monoisotopic (exact) mass is 230 g/mol. The normalized spacial score (nSPS) is 11.3. The van der Waals surface area contributed by atoms with E-state index in [-0.39, 0.29) is 11.4 Å². The van der Waals surface area contributed by atoms with E-state index in [9.17, 15) is 13.5 Å². The number of phenols is 1. The predicted molar refractivity (Wildman–Crippen MR) is 59.3 cm³/mol. The molecule has 1 rings (SSSR count). The van der Waals surface area contributed by atoms with Crippen LogP contribution >= 0.6 is 0 Å². The van der Waals surface area contributed by atoms with Crippen LogP contribution in [0.1, 0.15) is 5.56 Å². The molecule has 0 bridgehead atoms. The highest BCUT2D eigenvalue weighted by Gasteiger charge is 2.07. The molecular formula is C9H14N2O3S. The first-order chi connectivity index (χ1) is 6.92. The second kappa shape index (κ2) is 4.50. The summed E-state index contributed by atoms with van der Waals surface area (Å²) in [5.74, 6) is -0.0961. The van der Waals surface area contributed by atoms with Crippen molar-refractivity contribution < 1.29 is 13.5 Å². The molecule has 5 nitrogen and oxygen atoms in total. The van der Waals surface area contributed by atoms with Gasteiger partial charge in [-0.1, -0.05) is 6.07 Å². The van der Waals surface area contributed by atoms with Gasteiger partial charge in [0.05, 0.1) is 11.9 Å². The second-order valence-corrected chi connectivity index (χ2v) is 5.01. The summed E-state index contributed by atoms with van der Waals surface area (Å²) in [5, 5.41) is 9.41. The van der Waals surface area contributed by atoms with Gasteiger partial charge < -0.3 is 10.8 Å². The van der Waals surface area contributed by atoms with Crippen LogP contribution in [-0.2, 0) is 16.4 Å². The first-order valence-electron chi connectivity index (χ1n) is 4.42. The molecule has 0 aliphatic heterocycles. The molecule has 0 atom stereocenters. The van der Waals surface area contributed by atoms with Crippen LogP contribution in [0.2, 0.25) is 0 Å². The molecule has 0 aliphatic rings. The summed E-state index contributed by atoms with van der Waals surface area (Å²) in [6.07, 6.45) is 1.67. The lowest BCUT2D eigenvalue weighted by Crippen LogP contribution is -2.10. The number of nitrogens with one attached hydrogen (secondary N) is 1. The minimum atomic E-state index is -3.37. The predicted octanol–water partition coefficient (Wildman–Crippen LogP) is 0.265. The number of sulfonamides is 1. The number of hydrogen-bond donors (Lipinski definition) is 3. The van der Waals surface area contributed by atoms with Gasteiger partial charge in [0.15, 0.2) is 0 Å². The fourth-order valence-electron chi connectivity index (χ4n) is 1.19. The number of anilines is 1. The fourth-order valence-corrected chi connectivity index (χ4v) is 1.75. The lowest BCUT2D eigenvalue weighted by atomic mass is 10.1. The van der Waals surface area contributed by atoms with Crippen LogP contribution in [0.5, 0.6) is 5.75 Å². The second-order valence-electron chi connectivity index (χ2n) is 3.26. The lowest BCUT2D eigenvalue weighted by molar-refractivity contribution is 0.477. The van der Waals surface area contributed by atoms with Crippen molar-refractivity contribution in [2.24, 2.45) is 5.73 Å². The van der Waals surface area contributed by atoms with Gasteiger partial charge in [0.2, 0.25) is 10.0 Å². The maximum absolute atomic E-state index is 11.0. The van der Waals surface area contributed by atoms with Gasteiger partial charge in [-0.25, -0.2) is 8.42 Å². The van der Waals surface area contributed by atoms with Gasteiger partial charge in [-0.05, 0) is 30.7 Å². The maximum Gasteiger partial charge on any atom is 0.229 e. The molecule has 0 heterocycles. The Bertz CT molecular complexity index is 443. The molecule has 0 saturated heterocycles. The van der Waals surface area contributed by atoms with E-state index in [0.717, 1.165) is 11.8 Å². The van der Waals surface area contributed by atoms with Crippen molar-refractivity contribution in [2.45, 2.75) is 6.42 Å². The van der Waals surface area contributed by atoms with Crippen LogP contribution in [0.3, 0.4) is 0 Å². The highest BCUT2D eigenvalue weighted by molar-refractivity contribution is 7.92. The van der Waals surface area contributed by atoms with E-state index >= 15 is 0 Å². The minimum Gasteiger partial charge on any atom is -0.506 e. The summed E-state index contributed by atoms with van der Waals surface area (Å²) in [6.45, 7) is 0.475. The Balaban J connectivity index is 3.00. The smallest absolute Gasteiger partial charge is 0.229 e. The van der Waals surface area contributed by atoms with E-state index < -0.39 is 10.0 Å². The first kappa shape index (κ1) is 11.8. The number of hydrogen-bond acceptors (Lipinski definition) is 4. The van der Waals surface area contributed by atoms with Crippen molar-refractivity contribution in [2.75, 3.05) is 17.5 Å². The average molecular weight is 230 g/mol. The molecule has 0 amide bonds. The van der Waals surface area contributed by atoms with Crippen LogP contribution in [0, 0.1) is 0 Å². The standard InChI is InChI=1S/C9H14N2O3S/c1-15(13,14)11-8-6-7(4-5-10)2-3-9(8)12/h2-3,6,11-12H,4-5,10H2,1H3. The van der Waals surface area contributed by atoms with Crippen molar-refractivity contribution in [3.05, 3.63) is 23.8 Å². The maximum atomic E-state index is 11.0. The summed E-state index contributed by atoms with van der Waals surface area (Å²) < 4.78 is 24.2. The molecular weight excluding hydrogens is 216 g/mol. The van der Waals surface area contributed by atoms with E-state index in [1.54, 1.807) is 12.1 Å². The summed E-state index contributed by atoms with van der Waals surface area (Å²) in [5.41, 5.74) is 6.43. The number of benzene rings is 1. The molecule has 0 aromatic heterocycles. The molecule has 0 saturated carbocycles. The highest BCUT2D eigenvalue weighted by Crippen LogP contribution is 2.25. The Morgan fingerprint density at radius 3 is 2.67 bits per heavy atom. The topological polar surface area (TPSA) is 92.4 Å². The number of rotatable bonds is 4. The Morgan fingerprint density at radius 1 is 1.47 bits per heavy atom. The van der Waals surface area contributed by atoms with Gasteiger partial charge >= 0.3 is 0 Å². The summed E-state index contributed by atoms with van der Waals surface area (Å²) in [6, 6.07) is 4.72. The largest absolute Gasteiger partial charge is 0.506 e. The van der Waals surface area contributed by atoms with Crippen LogP contribution in [-0.4, -0.2) is 26.3 Å². The first-order valence-corrected chi connectivity index (χ1v) is 6.31. The van der Waals surface area contributed by atoms with Gasteiger partial charge in [0.25, 0.3) is 0 Å². The third-order valence-electron chi connectivity index (χ3n) is 1.79. The third-order valence-corrected chi connectivity index (χ3v) is 2.38. The zero-order valence-electron chi connectivity index (χ0n) is 8.40. The molecule has 15 heavy (non-hydrogen) atoms. The quantitative estimate of drug-likeness (QED) is 0.647. The van der Waals surface area contributed by atoms with E-state index in [2.05, 4.69) is 4.72 Å². The van der Waals surface area contributed by atoms with Crippen LogP contribution in [0.15, 0.2) is 18.2 Å². The Hall–Kier alpha value is -1.27. The van der Waals surface area contributed by atoms with Gasteiger partial charge in [-0.15, -0.1) is 0 Å². The molecule has 0 radical (unpaired) electrons. The van der Waals surface area contributed by atoms with Gasteiger partial charge in [-0.2, -0.15) is 0 Å². The lowest BCUT2D eigenvalue weighted by Gasteiger charge is -2.08. The van der Waals surface area contributed by atoms with Crippen molar-refractivity contribution in [3.63, 3.8) is 0 Å². The zero-order chi connectivity index (χ0) is 11.5. The fraction of sp³-hybridized carbons (Fsp3) is 0.333. The highest BCUT2D eigenvalue weighted by atomic mass is 32.2. The SMILES string of the molecule is CS(=O)(=O)Nc1cc(CCN)ccc1O. The molecule has 6 heteroatoms. The van der Waals surface area contributed by atoms with E-state index in [1.165, 1.54) is 6.07 Å². The van der Waals surface area contributed by atoms with Crippen LogP contribution in [0.4, 0.5) is 5.69 Å². The number of nitrogens with two attached hydrogens (primary N) is 1. The van der Waals surface area contributed by atoms with Gasteiger partial charge in [0.1, 0.15) is 5.75 Å². The van der Waals surface area contributed by atoms with Crippen molar-refractivity contribution in [3.8, 4) is 5.75 Å². The number of phenolic OH excluding ortho intramolecular Hbond substituents is 1. The van der Waals surface area contributed by atoms with Crippen LogP contribution < -0.4 is 10.5 Å². The van der Waals surface area contributed by atoms with Gasteiger partial charge in [0, 0.05) is 0 Å². The van der Waals surface area contributed by atoms with Crippen molar-refractivity contribution in [1.29, 1.82) is 0 Å². The minimum absolute atomic E-state index is 0.0961. The van der Waals surface area contributed by atoms with Crippen LogP contribution in [0.25, 0.3) is 0 Å². The molecule has 0 fully saturated rings. The Morgan fingerprint density at radius 2 is 2.13 bits per heavy atom.